The maximum absolute atomic E-state index is 13.8. The predicted molar refractivity (Wildman–Crippen MR) is 146 cm³/mol. The first kappa shape index (κ1) is 22.5. The molecule has 5 nitrogen and oxygen atoms in total. The van der Waals surface area contributed by atoms with Gasteiger partial charge in [-0.05, 0) is 65.4 Å². The molecular weight excluding hydrogens is 463 g/mol. The number of halogens is 1. The number of pyridine rings is 2. The number of hydrogen-bond acceptors (Lipinski definition) is 4. The summed E-state index contributed by atoms with van der Waals surface area (Å²) in [4.78, 5) is 4.07. The first-order valence-electron chi connectivity index (χ1n) is 12.0. The fraction of sp³-hybridized carbons (Fsp3) is 0.0323. The van der Waals surface area contributed by atoms with Gasteiger partial charge in [0, 0.05) is 52.4 Å². The van der Waals surface area contributed by atoms with Gasteiger partial charge in [0.15, 0.2) is 12.4 Å². The SMILES string of the molecule is Fc1ccc2cccc(Nc3cc[n+](COc4ccc5c(Nc6ccncc6)cccc5c4)cc3)c2c1. The standard InChI is InChI=1S/C31H23FN4O/c32-24-8-7-22-3-1-6-31(29(22)20-24)35-26-13-17-36(18-14-26)21-37-27-9-10-28-23(19-27)4-2-5-30(28)34-25-11-15-33-16-12-25/h1-20H,21H2,(H,33,34)/p+1. The van der Waals surface area contributed by atoms with Crippen molar-refractivity contribution in [2.24, 2.45) is 0 Å². The van der Waals surface area contributed by atoms with Crippen molar-refractivity contribution in [3.8, 4) is 5.75 Å². The van der Waals surface area contributed by atoms with Crippen molar-refractivity contribution >= 4 is 44.3 Å². The number of anilines is 4. The van der Waals surface area contributed by atoms with E-state index in [0.717, 1.165) is 50.0 Å². The van der Waals surface area contributed by atoms with Crippen LogP contribution in [0.5, 0.6) is 5.75 Å². The van der Waals surface area contributed by atoms with E-state index in [4.69, 9.17) is 4.74 Å². The van der Waals surface area contributed by atoms with E-state index in [-0.39, 0.29) is 5.82 Å². The molecule has 0 atom stereocenters. The molecule has 6 rings (SSSR count). The molecule has 0 saturated heterocycles. The Balaban J connectivity index is 1.14. The molecule has 6 aromatic rings. The Morgan fingerprint density at radius 2 is 1.38 bits per heavy atom. The van der Waals surface area contributed by atoms with E-state index in [1.54, 1.807) is 24.5 Å². The zero-order chi connectivity index (χ0) is 25.0. The molecule has 0 radical (unpaired) electrons. The van der Waals surface area contributed by atoms with Gasteiger partial charge in [-0.3, -0.25) is 4.98 Å². The van der Waals surface area contributed by atoms with Crippen LogP contribution in [0, 0.1) is 5.82 Å². The highest BCUT2D eigenvalue weighted by molar-refractivity contribution is 5.96. The molecule has 0 amide bonds. The maximum atomic E-state index is 13.8. The van der Waals surface area contributed by atoms with Crippen LogP contribution in [-0.4, -0.2) is 4.98 Å². The lowest BCUT2D eigenvalue weighted by molar-refractivity contribution is -0.724. The van der Waals surface area contributed by atoms with E-state index in [9.17, 15) is 4.39 Å². The average molecular weight is 488 g/mol. The van der Waals surface area contributed by atoms with Crippen LogP contribution in [0.2, 0.25) is 0 Å². The molecule has 0 fully saturated rings. The third-order valence-electron chi connectivity index (χ3n) is 6.21. The van der Waals surface area contributed by atoms with Crippen LogP contribution in [0.1, 0.15) is 0 Å². The molecule has 0 saturated carbocycles. The van der Waals surface area contributed by atoms with E-state index in [2.05, 4.69) is 33.8 Å². The third-order valence-corrected chi connectivity index (χ3v) is 6.21. The number of nitrogens with zero attached hydrogens (tertiary/aromatic N) is 2. The monoisotopic (exact) mass is 487 g/mol. The summed E-state index contributed by atoms with van der Waals surface area (Å²) in [5.74, 6) is 0.542. The molecule has 37 heavy (non-hydrogen) atoms. The van der Waals surface area contributed by atoms with Crippen LogP contribution in [0.25, 0.3) is 21.5 Å². The smallest absolute Gasteiger partial charge is 0.292 e. The number of hydrogen-bond donors (Lipinski definition) is 2. The summed E-state index contributed by atoms with van der Waals surface area (Å²) in [6, 6.07) is 30.8. The van der Waals surface area contributed by atoms with Crippen LogP contribution in [-0.2, 0) is 6.73 Å². The lowest BCUT2D eigenvalue weighted by Gasteiger charge is -2.11. The van der Waals surface area contributed by atoms with Crippen molar-refractivity contribution < 1.29 is 13.7 Å². The summed E-state index contributed by atoms with van der Waals surface area (Å²) in [7, 11) is 0. The highest BCUT2D eigenvalue weighted by atomic mass is 19.1. The zero-order valence-corrected chi connectivity index (χ0v) is 19.9. The van der Waals surface area contributed by atoms with Crippen LogP contribution in [0.15, 0.2) is 122 Å². The first-order valence-corrected chi connectivity index (χ1v) is 12.0. The number of fused-ring (bicyclic) bond motifs is 2. The van der Waals surface area contributed by atoms with Crippen molar-refractivity contribution in [1.29, 1.82) is 0 Å². The minimum Gasteiger partial charge on any atom is -0.436 e. The Morgan fingerprint density at radius 3 is 2.16 bits per heavy atom. The van der Waals surface area contributed by atoms with E-state index < -0.39 is 0 Å². The predicted octanol–water partition coefficient (Wildman–Crippen LogP) is 7.34. The maximum Gasteiger partial charge on any atom is 0.292 e. The second-order valence-electron chi connectivity index (χ2n) is 8.72. The van der Waals surface area contributed by atoms with Gasteiger partial charge < -0.3 is 15.4 Å². The largest absolute Gasteiger partial charge is 0.436 e. The van der Waals surface area contributed by atoms with Crippen molar-refractivity contribution in [2.75, 3.05) is 10.6 Å². The highest BCUT2D eigenvalue weighted by Gasteiger charge is 2.08. The molecule has 0 unspecified atom stereocenters. The van der Waals surface area contributed by atoms with Crippen molar-refractivity contribution in [3.05, 3.63) is 128 Å². The van der Waals surface area contributed by atoms with Gasteiger partial charge in [-0.25, -0.2) is 4.39 Å². The topological polar surface area (TPSA) is 50.1 Å². The second-order valence-corrected chi connectivity index (χ2v) is 8.72. The molecule has 0 bridgehead atoms. The van der Waals surface area contributed by atoms with Crippen molar-refractivity contribution in [3.63, 3.8) is 0 Å². The average Bonchev–Trinajstić information content (AvgIpc) is 2.94. The third kappa shape index (κ3) is 5.04. The number of nitrogens with one attached hydrogen (secondary N) is 2. The Hall–Kier alpha value is -4.97. The minimum absolute atomic E-state index is 0.250. The van der Waals surface area contributed by atoms with Gasteiger partial charge in [0.05, 0.1) is 5.69 Å². The molecule has 4 aromatic carbocycles. The van der Waals surface area contributed by atoms with Gasteiger partial charge in [-0.15, -0.1) is 0 Å². The van der Waals surface area contributed by atoms with Gasteiger partial charge in [-0.2, -0.15) is 4.57 Å². The number of rotatable bonds is 7. The summed E-state index contributed by atoms with van der Waals surface area (Å²) in [6.45, 7) is 0.375. The molecule has 2 aromatic heterocycles. The van der Waals surface area contributed by atoms with Gasteiger partial charge in [-0.1, -0.05) is 30.3 Å². The first-order chi connectivity index (χ1) is 18.2. The van der Waals surface area contributed by atoms with E-state index >= 15 is 0 Å². The van der Waals surface area contributed by atoms with Gasteiger partial charge >= 0.3 is 0 Å². The summed E-state index contributed by atoms with van der Waals surface area (Å²) < 4.78 is 21.8. The molecule has 180 valence electrons. The number of ether oxygens (including phenoxy) is 1. The zero-order valence-electron chi connectivity index (χ0n) is 19.9. The Morgan fingerprint density at radius 1 is 0.676 bits per heavy atom. The Kier molecular flexibility index (Phi) is 6.05. The number of aromatic nitrogens is 2. The Bertz CT molecular complexity index is 1690. The van der Waals surface area contributed by atoms with Crippen LogP contribution in [0.3, 0.4) is 0 Å². The Labute approximate surface area is 213 Å². The second kappa shape index (κ2) is 9.95. The van der Waals surface area contributed by atoms with Crippen molar-refractivity contribution in [2.45, 2.75) is 6.73 Å². The van der Waals surface area contributed by atoms with E-state index in [1.165, 1.54) is 6.07 Å². The molecule has 2 N–H and O–H groups in total. The summed E-state index contributed by atoms with van der Waals surface area (Å²) >= 11 is 0. The van der Waals surface area contributed by atoms with Crippen LogP contribution >= 0.6 is 0 Å². The fourth-order valence-electron chi connectivity index (χ4n) is 4.34. The number of benzene rings is 4. The lowest BCUT2D eigenvalue weighted by atomic mass is 10.1. The molecule has 6 heteroatoms. The highest BCUT2D eigenvalue weighted by Crippen LogP contribution is 2.30. The summed E-state index contributed by atoms with van der Waals surface area (Å²) in [5, 5.41) is 10.9. The van der Waals surface area contributed by atoms with Crippen molar-refractivity contribution in [1.82, 2.24) is 4.98 Å². The van der Waals surface area contributed by atoms with Gasteiger partial charge in [0.2, 0.25) is 0 Å². The summed E-state index contributed by atoms with van der Waals surface area (Å²) in [5.41, 5.74) is 3.79. The molecule has 0 aliphatic carbocycles. The van der Waals surface area contributed by atoms with Crippen LogP contribution < -0.4 is 19.9 Å². The molecule has 0 aliphatic heterocycles. The van der Waals surface area contributed by atoms with E-state index in [1.807, 2.05) is 77.6 Å². The lowest BCUT2D eigenvalue weighted by Crippen LogP contribution is -2.35. The summed E-state index contributed by atoms with van der Waals surface area (Å²) in [6.07, 6.45) is 7.44. The van der Waals surface area contributed by atoms with E-state index in [0.29, 0.717) is 6.73 Å². The van der Waals surface area contributed by atoms with Gasteiger partial charge in [0.1, 0.15) is 11.6 Å². The minimum atomic E-state index is -0.250. The molecular formula is C31H24FN4O+. The molecule has 0 aliphatic rings. The molecule has 0 spiro atoms. The molecule has 2 heterocycles. The van der Waals surface area contributed by atoms with Gasteiger partial charge in [0.25, 0.3) is 6.73 Å². The normalized spacial score (nSPS) is 10.9. The van der Waals surface area contributed by atoms with Crippen LogP contribution in [0.4, 0.5) is 27.1 Å². The quantitative estimate of drug-likeness (QED) is 0.231. The fourth-order valence-corrected chi connectivity index (χ4v) is 4.34.